The van der Waals surface area contributed by atoms with E-state index in [-0.39, 0.29) is 19.4 Å². The molecule has 0 aliphatic heterocycles. The molecule has 0 aliphatic carbocycles. The Morgan fingerprint density at radius 2 is 0.824 bits per heavy atom. The predicted octanol–water partition coefficient (Wildman–Crippen LogP) is 13.0. The lowest BCUT2D eigenvalue weighted by atomic mass is 10.0. The van der Waals surface area contributed by atoms with Crippen LogP contribution in [0.4, 0.5) is 0 Å². The van der Waals surface area contributed by atoms with Crippen molar-refractivity contribution in [3.8, 4) is 0 Å². The number of unbranched alkanes of at least 4 members (excludes halogenated alkanes) is 28. The fourth-order valence-electron chi connectivity index (χ4n) is 6.31. The first-order valence-electron chi connectivity index (χ1n) is 21.5. The standard InChI is InChI=1S/C42H81O8P/c1-3-5-7-9-11-13-15-17-19-20-21-23-25-27-29-31-33-35-37-42(44)50-40(39-49-51(45,46)47)38-48-41(43)36-34-32-30-28-26-24-22-18-16-14-12-10-8-6-4-2/h24,26,40H,3-23,25,27-39H2,1-2H3,(H2,45,46,47)/b26-24+/t40-/m1/s1. The molecule has 0 aromatic carbocycles. The highest BCUT2D eigenvalue weighted by Crippen LogP contribution is 2.36. The third kappa shape index (κ3) is 41.4. The molecule has 302 valence electrons. The molecule has 9 heteroatoms. The molecular weight excluding hydrogens is 663 g/mol. The molecule has 0 rings (SSSR count). The molecule has 8 nitrogen and oxygen atoms in total. The van der Waals surface area contributed by atoms with Crippen molar-refractivity contribution < 1.29 is 37.9 Å². The van der Waals surface area contributed by atoms with Gasteiger partial charge >= 0.3 is 19.8 Å². The summed E-state index contributed by atoms with van der Waals surface area (Å²) in [6, 6.07) is 0. The van der Waals surface area contributed by atoms with Crippen molar-refractivity contribution in [3.05, 3.63) is 12.2 Å². The van der Waals surface area contributed by atoms with E-state index in [0.717, 1.165) is 44.9 Å². The number of esters is 2. The van der Waals surface area contributed by atoms with Gasteiger partial charge in [0.25, 0.3) is 0 Å². The van der Waals surface area contributed by atoms with Gasteiger partial charge in [-0.05, 0) is 38.5 Å². The minimum Gasteiger partial charge on any atom is -0.462 e. The van der Waals surface area contributed by atoms with Crippen LogP contribution in [-0.2, 0) is 28.2 Å². The number of carbonyl (C=O) groups excluding carboxylic acids is 2. The van der Waals surface area contributed by atoms with Gasteiger partial charge in [0.15, 0.2) is 6.10 Å². The third-order valence-electron chi connectivity index (χ3n) is 9.53. The van der Waals surface area contributed by atoms with Crippen LogP contribution in [0, 0.1) is 0 Å². The highest BCUT2D eigenvalue weighted by Gasteiger charge is 2.22. The molecule has 0 heterocycles. The minimum atomic E-state index is -4.75. The topological polar surface area (TPSA) is 119 Å². The molecular formula is C42H81O8P. The average Bonchev–Trinajstić information content (AvgIpc) is 3.10. The van der Waals surface area contributed by atoms with Gasteiger partial charge in [-0.1, -0.05) is 187 Å². The van der Waals surface area contributed by atoms with Crippen molar-refractivity contribution in [1.82, 2.24) is 0 Å². The summed E-state index contributed by atoms with van der Waals surface area (Å²) in [4.78, 5) is 42.8. The van der Waals surface area contributed by atoms with E-state index in [0.29, 0.717) is 12.8 Å². The number of phosphoric acid groups is 1. The maximum atomic E-state index is 12.4. The van der Waals surface area contributed by atoms with Crippen molar-refractivity contribution in [2.24, 2.45) is 0 Å². The maximum Gasteiger partial charge on any atom is 0.469 e. The van der Waals surface area contributed by atoms with E-state index in [1.165, 1.54) is 141 Å². The lowest BCUT2D eigenvalue weighted by molar-refractivity contribution is -0.161. The molecule has 0 saturated carbocycles. The van der Waals surface area contributed by atoms with Gasteiger partial charge in [-0.15, -0.1) is 0 Å². The smallest absolute Gasteiger partial charge is 0.462 e. The van der Waals surface area contributed by atoms with Crippen LogP contribution in [0.15, 0.2) is 12.2 Å². The number of phosphoric ester groups is 1. The molecule has 0 bridgehead atoms. The van der Waals surface area contributed by atoms with Crippen molar-refractivity contribution in [3.63, 3.8) is 0 Å². The molecule has 2 N–H and O–H groups in total. The van der Waals surface area contributed by atoms with Crippen LogP contribution in [0.3, 0.4) is 0 Å². The minimum absolute atomic E-state index is 0.215. The summed E-state index contributed by atoms with van der Waals surface area (Å²) in [6.45, 7) is 3.70. The Balaban J connectivity index is 3.88. The molecule has 1 atom stereocenters. The second kappa shape index (κ2) is 38.5. The van der Waals surface area contributed by atoms with Gasteiger partial charge in [0.05, 0.1) is 6.61 Å². The molecule has 0 radical (unpaired) electrons. The van der Waals surface area contributed by atoms with Crippen LogP contribution in [0.25, 0.3) is 0 Å². The number of hydrogen-bond donors (Lipinski definition) is 2. The lowest BCUT2D eigenvalue weighted by Crippen LogP contribution is -2.29. The second-order valence-electron chi connectivity index (χ2n) is 14.7. The summed E-state index contributed by atoms with van der Waals surface area (Å²) in [7, 11) is -4.75. The molecule has 0 fully saturated rings. The zero-order valence-electron chi connectivity index (χ0n) is 33.3. The van der Waals surface area contributed by atoms with E-state index in [1.54, 1.807) is 0 Å². The molecule has 0 aliphatic rings. The Bertz CT molecular complexity index is 843. The Morgan fingerprint density at radius 3 is 1.22 bits per heavy atom. The maximum absolute atomic E-state index is 12.4. The molecule has 0 unspecified atom stereocenters. The van der Waals surface area contributed by atoms with Crippen molar-refractivity contribution in [2.45, 2.75) is 232 Å². The zero-order chi connectivity index (χ0) is 37.5. The van der Waals surface area contributed by atoms with Gasteiger partial charge in [-0.25, -0.2) is 4.57 Å². The summed E-state index contributed by atoms with van der Waals surface area (Å²) in [6.07, 6.45) is 42.2. The fraction of sp³-hybridized carbons (Fsp3) is 0.905. The fourth-order valence-corrected chi connectivity index (χ4v) is 6.67. The SMILES string of the molecule is CCCCCCCCCC/C=C/CCCCCC(=O)OC[C@H](COP(=O)(O)O)OC(=O)CCCCCCCCCCCCCCCCCCCC. The van der Waals surface area contributed by atoms with Crippen LogP contribution in [0.2, 0.25) is 0 Å². The quantitative estimate of drug-likeness (QED) is 0.0275. The summed E-state index contributed by atoms with van der Waals surface area (Å²) >= 11 is 0. The van der Waals surface area contributed by atoms with E-state index in [4.69, 9.17) is 19.3 Å². The summed E-state index contributed by atoms with van der Waals surface area (Å²) in [5.74, 6) is -0.890. The van der Waals surface area contributed by atoms with Crippen LogP contribution >= 0.6 is 7.82 Å². The first-order chi connectivity index (χ1) is 24.8. The van der Waals surface area contributed by atoms with Crippen LogP contribution in [0.5, 0.6) is 0 Å². The largest absolute Gasteiger partial charge is 0.469 e. The molecule has 0 amide bonds. The lowest BCUT2D eigenvalue weighted by Gasteiger charge is -2.18. The first kappa shape index (κ1) is 49.8. The van der Waals surface area contributed by atoms with E-state index in [1.807, 2.05) is 0 Å². The van der Waals surface area contributed by atoms with Crippen LogP contribution in [0.1, 0.15) is 226 Å². The second-order valence-corrected chi connectivity index (χ2v) is 15.9. The average molecular weight is 745 g/mol. The van der Waals surface area contributed by atoms with Gasteiger partial charge in [0, 0.05) is 12.8 Å². The summed E-state index contributed by atoms with van der Waals surface area (Å²) in [5.41, 5.74) is 0. The molecule has 51 heavy (non-hydrogen) atoms. The third-order valence-corrected chi connectivity index (χ3v) is 10.0. The molecule has 0 aromatic rings. The van der Waals surface area contributed by atoms with Crippen molar-refractivity contribution in [2.75, 3.05) is 13.2 Å². The van der Waals surface area contributed by atoms with Crippen LogP contribution < -0.4 is 0 Å². The van der Waals surface area contributed by atoms with E-state index in [2.05, 4.69) is 30.5 Å². The number of ether oxygens (including phenoxy) is 2. The summed E-state index contributed by atoms with van der Waals surface area (Å²) in [5, 5.41) is 0. The number of carbonyl (C=O) groups is 2. The van der Waals surface area contributed by atoms with E-state index in [9.17, 15) is 14.2 Å². The molecule has 0 saturated heterocycles. The first-order valence-corrected chi connectivity index (χ1v) is 23.0. The zero-order valence-corrected chi connectivity index (χ0v) is 34.2. The Labute approximate surface area is 314 Å². The Morgan fingerprint density at radius 1 is 0.490 bits per heavy atom. The van der Waals surface area contributed by atoms with Crippen molar-refractivity contribution in [1.29, 1.82) is 0 Å². The van der Waals surface area contributed by atoms with Gasteiger partial charge in [0.1, 0.15) is 6.61 Å². The Hall–Kier alpha value is -1.21. The molecule has 0 aromatic heterocycles. The van der Waals surface area contributed by atoms with Crippen molar-refractivity contribution >= 4 is 19.8 Å². The number of allylic oxidation sites excluding steroid dienone is 2. The van der Waals surface area contributed by atoms with Gasteiger partial charge in [-0.2, -0.15) is 0 Å². The summed E-state index contributed by atoms with van der Waals surface area (Å²) < 4.78 is 26.4. The van der Waals surface area contributed by atoms with Gasteiger partial charge in [-0.3, -0.25) is 14.1 Å². The van der Waals surface area contributed by atoms with E-state index >= 15 is 0 Å². The molecule has 0 spiro atoms. The van der Waals surface area contributed by atoms with Gasteiger partial charge < -0.3 is 19.3 Å². The highest BCUT2D eigenvalue weighted by atomic mass is 31.2. The predicted molar refractivity (Wildman–Crippen MR) is 212 cm³/mol. The number of hydrogen-bond acceptors (Lipinski definition) is 6. The monoisotopic (exact) mass is 745 g/mol. The van der Waals surface area contributed by atoms with E-state index < -0.39 is 32.5 Å². The Kier molecular flexibility index (Phi) is 37.6. The van der Waals surface area contributed by atoms with Gasteiger partial charge in [0.2, 0.25) is 0 Å². The normalized spacial score (nSPS) is 12.5. The highest BCUT2D eigenvalue weighted by molar-refractivity contribution is 7.46. The van der Waals surface area contributed by atoms with Crippen LogP contribution in [-0.4, -0.2) is 41.0 Å². The number of rotatable bonds is 40.